The van der Waals surface area contributed by atoms with Gasteiger partial charge in [-0.25, -0.2) is 0 Å². The molecule has 0 unspecified atom stereocenters. The molecule has 1 aliphatic rings. The van der Waals surface area contributed by atoms with Gasteiger partial charge < -0.3 is 10.1 Å². The first-order valence-corrected chi connectivity index (χ1v) is 11.2. The van der Waals surface area contributed by atoms with Gasteiger partial charge in [0.15, 0.2) is 0 Å². The van der Waals surface area contributed by atoms with Gasteiger partial charge in [-0.15, -0.1) is 0 Å². The molecule has 0 saturated carbocycles. The third-order valence-electron chi connectivity index (χ3n) is 6.50. The zero-order chi connectivity index (χ0) is 20.8. The molecule has 4 rings (SSSR count). The fraction of sp³-hybridized carbons (Fsp3) is 0.357. The van der Waals surface area contributed by atoms with Gasteiger partial charge in [0.25, 0.3) is 0 Å². The average molecular weight is 400 g/mol. The van der Waals surface area contributed by atoms with Gasteiger partial charge >= 0.3 is 0 Å². The molecule has 0 aromatic heterocycles. The van der Waals surface area contributed by atoms with Crippen LogP contribution in [-0.4, -0.2) is 26.8 Å². The molecule has 0 bridgehead atoms. The van der Waals surface area contributed by atoms with Crippen LogP contribution in [0.2, 0.25) is 0 Å². The zero-order valence-corrected chi connectivity index (χ0v) is 18.2. The lowest BCUT2D eigenvalue weighted by Crippen LogP contribution is -2.34. The largest absolute Gasteiger partial charge is 0.385 e. The Balaban J connectivity index is 1.62. The van der Waals surface area contributed by atoms with Gasteiger partial charge in [0.05, 0.1) is 0 Å². The summed E-state index contributed by atoms with van der Waals surface area (Å²) in [4.78, 5) is 0. The van der Waals surface area contributed by atoms with Crippen LogP contribution < -0.4 is 5.32 Å². The minimum atomic E-state index is 0.521. The van der Waals surface area contributed by atoms with Crippen molar-refractivity contribution in [2.24, 2.45) is 0 Å². The summed E-state index contributed by atoms with van der Waals surface area (Å²) in [6.45, 7) is 5.24. The molecule has 0 amide bonds. The molecule has 2 atom stereocenters. The lowest BCUT2D eigenvalue weighted by molar-refractivity contribution is 0.195. The van der Waals surface area contributed by atoms with Crippen molar-refractivity contribution in [3.8, 4) is 11.1 Å². The minimum Gasteiger partial charge on any atom is -0.385 e. The number of benzene rings is 3. The quantitative estimate of drug-likeness (QED) is 0.485. The molecular formula is C28H33NO. The Morgan fingerprint density at radius 3 is 2.53 bits per heavy atom. The first kappa shape index (κ1) is 20.8. The van der Waals surface area contributed by atoms with E-state index in [1.165, 1.54) is 39.8 Å². The van der Waals surface area contributed by atoms with E-state index in [2.05, 4.69) is 85.0 Å². The zero-order valence-electron chi connectivity index (χ0n) is 18.2. The third kappa shape index (κ3) is 4.66. The molecule has 0 aliphatic carbocycles. The van der Waals surface area contributed by atoms with Gasteiger partial charge in [0.2, 0.25) is 0 Å². The normalized spacial score (nSPS) is 19.0. The summed E-state index contributed by atoms with van der Waals surface area (Å²) in [5.74, 6) is 1.10. The smallest absolute Gasteiger partial charge is 0.0465 e. The molecular weight excluding hydrogens is 366 g/mol. The summed E-state index contributed by atoms with van der Waals surface area (Å²) in [7, 11) is 1.77. The van der Waals surface area contributed by atoms with E-state index < -0.39 is 0 Å². The van der Waals surface area contributed by atoms with Gasteiger partial charge in [0, 0.05) is 26.2 Å². The highest BCUT2D eigenvalue weighted by Crippen LogP contribution is 2.39. The maximum atomic E-state index is 5.25. The fourth-order valence-corrected chi connectivity index (χ4v) is 4.97. The molecule has 30 heavy (non-hydrogen) atoms. The second-order valence-corrected chi connectivity index (χ2v) is 8.44. The maximum absolute atomic E-state index is 5.25. The standard InChI is InChI=1S/C28H33NO/c1-21-19-24(26-13-7-6-11-22(26)12-8-18-30-2)14-15-25(21)28-20-29-17-16-27(28)23-9-4-3-5-10-23/h3-7,9-11,13-15,19,27-29H,8,12,16-18,20H2,1-2H3/t27-,28-/m1/s1. The molecule has 1 N–H and O–H groups in total. The van der Waals surface area contributed by atoms with Crippen molar-refractivity contribution in [2.45, 2.75) is 38.0 Å². The summed E-state index contributed by atoms with van der Waals surface area (Å²) in [5, 5.41) is 3.63. The van der Waals surface area contributed by atoms with E-state index in [-0.39, 0.29) is 0 Å². The van der Waals surface area contributed by atoms with Crippen LogP contribution in [0.5, 0.6) is 0 Å². The summed E-state index contributed by atoms with van der Waals surface area (Å²) in [5.41, 5.74) is 8.43. The molecule has 1 aliphatic heterocycles. The van der Waals surface area contributed by atoms with Crippen LogP contribution in [0.3, 0.4) is 0 Å². The highest BCUT2D eigenvalue weighted by Gasteiger charge is 2.28. The number of aryl methyl sites for hydroxylation is 2. The van der Waals surface area contributed by atoms with Crippen molar-refractivity contribution in [2.75, 3.05) is 26.8 Å². The monoisotopic (exact) mass is 399 g/mol. The topological polar surface area (TPSA) is 21.3 Å². The van der Waals surface area contributed by atoms with Gasteiger partial charge in [-0.3, -0.25) is 0 Å². The van der Waals surface area contributed by atoms with Gasteiger partial charge in [-0.05, 0) is 72.0 Å². The Hall–Kier alpha value is -2.42. The Bertz CT molecular complexity index is 950. The van der Waals surface area contributed by atoms with Crippen LogP contribution >= 0.6 is 0 Å². The van der Waals surface area contributed by atoms with E-state index in [0.717, 1.165) is 32.5 Å². The predicted octanol–water partition coefficient (Wildman–Crippen LogP) is 6.10. The second kappa shape index (κ2) is 10.1. The molecule has 3 aromatic rings. The number of rotatable bonds is 7. The van der Waals surface area contributed by atoms with Crippen molar-refractivity contribution in [1.29, 1.82) is 0 Å². The van der Waals surface area contributed by atoms with Crippen LogP contribution in [0, 0.1) is 6.92 Å². The first-order valence-electron chi connectivity index (χ1n) is 11.2. The lowest BCUT2D eigenvalue weighted by Gasteiger charge is -2.34. The Morgan fingerprint density at radius 2 is 1.73 bits per heavy atom. The fourth-order valence-electron chi connectivity index (χ4n) is 4.97. The van der Waals surface area contributed by atoms with Crippen molar-refractivity contribution < 1.29 is 4.74 Å². The first-order chi connectivity index (χ1) is 14.8. The van der Waals surface area contributed by atoms with Crippen molar-refractivity contribution in [3.05, 3.63) is 95.1 Å². The predicted molar refractivity (Wildman–Crippen MR) is 126 cm³/mol. The van der Waals surface area contributed by atoms with Crippen LogP contribution in [-0.2, 0) is 11.2 Å². The van der Waals surface area contributed by atoms with E-state index in [0.29, 0.717) is 11.8 Å². The molecule has 1 heterocycles. The van der Waals surface area contributed by atoms with Crippen LogP contribution in [0.15, 0.2) is 72.8 Å². The lowest BCUT2D eigenvalue weighted by atomic mass is 9.76. The highest BCUT2D eigenvalue weighted by molar-refractivity contribution is 5.68. The average Bonchev–Trinajstić information content (AvgIpc) is 2.80. The third-order valence-corrected chi connectivity index (χ3v) is 6.50. The molecule has 1 saturated heterocycles. The summed E-state index contributed by atoms with van der Waals surface area (Å²) >= 11 is 0. The van der Waals surface area contributed by atoms with E-state index in [4.69, 9.17) is 4.74 Å². The number of methoxy groups -OCH3 is 1. The Kier molecular flexibility index (Phi) is 6.99. The molecule has 1 fully saturated rings. The number of piperidine rings is 1. The molecule has 2 nitrogen and oxygen atoms in total. The molecule has 0 radical (unpaired) electrons. The molecule has 0 spiro atoms. The number of hydrogen-bond acceptors (Lipinski definition) is 2. The van der Waals surface area contributed by atoms with Gasteiger partial charge in [0.1, 0.15) is 0 Å². The van der Waals surface area contributed by atoms with Gasteiger partial charge in [-0.2, -0.15) is 0 Å². The summed E-state index contributed by atoms with van der Waals surface area (Å²) in [6, 6.07) is 26.9. The number of nitrogens with one attached hydrogen (secondary N) is 1. The molecule has 156 valence electrons. The highest BCUT2D eigenvalue weighted by atomic mass is 16.5. The minimum absolute atomic E-state index is 0.521. The SMILES string of the molecule is COCCCc1ccccc1-c1ccc([C@H]2CNCC[C@@H]2c2ccccc2)c(C)c1. The van der Waals surface area contributed by atoms with E-state index in [9.17, 15) is 0 Å². The van der Waals surface area contributed by atoms with Gasteiger partial charge in [-0.1, -0.05) is 72.8 Å². The summed E-state index contributed by atoms with van der Waals surface area (Å²) in [6.07, 6.45) is 3.29. The van der Waals surface area contributed by atoms with E-state index in [1.54, 1.807) is 7.11 Å². The van der Waals surface area contributed by atoms with Crippen LogP contribution in [0.4, 0.5) is 0 Å². The van der Waals surface area contributed by atoms with Crippen molar-refractivity contribution in [1.82, 2.24) is 5.32 Å². The number of ether oxygens (including phenoxy) is 1. The molecule has 2 heteroatoms. The van der Waals surface area contributed by atoms with E-state index >= 15 is 0 Å². The van der Waals surface area contributed by atoms with Crippen LogP contribution in [0.1, 0.15) is 46.9 Å². The maximum Gasteiger partial charge on any atom is 0.0465 e. The Morgan fingerprint density at radius 1 is 0.933 bits per heavy atom. The second-order valence-electron chi connectivity index (χ2n) is 8.44. The van der Waals surface area contributed by atoms with Crippen LogP contribution in [0.25, 0.3) is 11.1 Å². The van der Waals surface area contributed by atoms with Crippen molar-refractivity contribution in [3.63, 3.8) is 0 Å². The van der Waals surface area contributed by atoms with E-state index in [1.807, 2.05) is 0 Å². The summed E-state index contributed by atoms with van der Waals surface area (Å²) < 4.78 is 5.25. The van der Waals surface area contributed by atoms with Crippen molar-refractivity contribution >= 4 is 0 Å². The molecule has 3 aromatic carbocycles. The Labute approximate surface area is 181 Å². The number of hydrogen-bond donors (Lipinski definition) is 1.